The molecule has 0 bridgehead atoms. The summed E-state index contributed by atoms with van der Waals surface area (Å²) in [7, 11) is -4.10. The molecule has 8 nitrogen and oxygen atoms in total. The maximum absolute atomic E-state index is 12.7. The topological polar surface area (TPSA) is 102 Å². The highest BCUT2D eigenvalue weighted by Crippen LogP contribution is 2.30. The van der Waals surface area contributed by atoms with E-state index in [1.165, 1.54) is 24.3 Å². The van der Waals surface area contributed by atoms with Gasteiger partial charge in [0.05, 0.1) is 29.5 Å². The van der Waals surface area contributed by atoms with Crippen LogP contribution in [0.2, 0.25) is 0 Å². The van der Waals surface area contributed by atoms with Crippen LogP contribution in [0, 0.1) is 10.1 Å². The van der Waals surface area contributed by atoms with E-state index in [-0.39, 0.29) is 4.90 Å². The lowest BCUT2D eigenvalue weighted by atomic mass is 10.2. The van der Waals surface area contributed by atoms with Crippen molar-refractivity contribution in [3.8, 4) is 0 Å². The Labute approximate surface area is 145 Å². The van der Waals surface area contributed by atoms with E-state index in [0.717, 1.165) is 0 Å². The van der Waals surface area contributed by atoms with Crippen LogP contribution in [0.1, 0.15) is 0 Å². The van der Waals surface area contributed by atoms with Crippen LogP contribution in [0.25, 0.3) is 0 Å². The number of benzene rings is 2. The predicted octanol–water partition coefficient (Wildman–Crippen LogP) is 2.23. The van der Waals surface area contributed by atoms with Gasteiger partial charge >= 0.3 is 0 Å². The molecule has 9 heteroatoms. The van der Waals surface area contributed by atoms with Gasteiger partial charge in [0.2, 0.25) is 0 Å². The number of hydrogen-bond acceptors (Lipinski definition) is 6. The number of rotatable bonds is 5. The number of ether oxygens (including phenoxy) is 1. The summed E-state index contributed by atoms with van der Waals surface area (Å²) in [6, 6.07) is 12.2. The number of anilines is 2. The molecule has 1 saturated heterocycles. The van der Waals surface area contributed by atoms with Crippen molar-refractivity contribution >= 4 is 27.1 Å². The van der Waals surface area contributed by atoms with Crippen molar-refractivity contribution in [2.24, 2.45) is 0 Å². The molecule has 1 aliphatic rings. The van der Waals surface area contributed by atoms with Crippen molar-refractivity contribution in [3.63, 3.8) is 0 Å². The molecule has 1 heterocycles. The minimum atomic E-state index is -4.10. The summed E-state index contributed by atoms with van der Waals surface area (Å²) < 4.78 is 33.2. The minimum Gasteiger partial charge on any atom is -0.378 e. The summed E-state index contributed by atoms with van der Waals surface area (Å²) in [5.41, 5.74) is 0.634. The van der Waals surface area contributed by atoms with Gasteiger partial charge in [-0.2, -0.15) is 0 Å². The van der Waals surface area contributed by atoms with Gasteiger partial charge in [-0.15, -0.1) is 0 Å². The highest BCUT2D eigenvalue weighted by Gasteiger charge is 2.26. The zero-order valence-corrected chi connectivity index (χ0v) is 14.1. The van der Waals surface area contributed by atoms with Gasteiger partial charge in [0.1, 0.15) is 0 Å². The van der Waals surface area contributed by atoms with Crippen molar-refractivity contribution in [2.75, 3.05) is 35.9 Å². The first-order valence-corrected chi connectivity index (χ1v) is 9.15. The predicted molar refractivity (Wildman–Crippen MR) is 93.4 cm³/mol. The number of morpholine rings is 1. The summed E-state index contributed by atoms with van der Waals surface area (Å²) in [4.78, 5) is 12.1. The third-order valence-corrected chi connectivity index (χ3v) is 5.26. The largest absolute Gasteiger partial charge is 0.378 e. The molecular weight excluding hydrogens is 346 g/mol. The molecule has 0 saturated carbocycles. The standard InChI is InChI=1S/C16H17N3O5S/c20-19(21)15-7-3-4-8-16(15)25(22,23)17-13-5-1-2-6-14(13)18-9-11-24-12-10-18/h1-8,17H,9-12H2. The quantitative estimate of drug-likeness (QED) is 0.646. The van der Waals surface area contributed by atoms with Gasteiger partial charge in [0.25, 0.3) is 15.7 Å². The van der Waals surface area contributed by atoms with Crippen molar-refractivity contribution in [1.29, 1.82) is 0 Å². The van der Waals surface area contributed by atoms with E-state index in [1.807, 2.05) is 17.0 Å². The van der Waals surface area contributed by atoms with Crippen molar-refractivity contribution in [3.05, 3.63) is 58.6 Å². The van der Waals surface area contributed by atoms with E-state index in [4.69, 9.17) is 4.74 Å². The Balaban J connectivity index is 1.96. The molecule has 1 fully saturated rings. The fraction of sp³-hybridized carbons (Fsp3) is 0.250. The first kappa shape index (κ1) is 17.2. The Kier molecular flexibility index (Phi) is 4.86. The van der Waals surface area contributed by atoms with E-state index in [1.54, 1.807) is 12.1 Å². The zero-order chi connectivity index (χ0) is 17.9. The average Bonchev–Trinajstić information content (AvgIpc) is 2.62. The number of hydrogen-bond donors (Lipinski definition) is 1. The SMILES string of the molecule is O=[N+]([O-])c1ccccc1S(=O)(=O)Nc1ccccc1N1CCOCC1. The molecule has 3 rings (SSSR count). The number of para-hydroxylation sites is 3. The van der Waals surface area contributed by atoms with Gasteiger partial charge in [-0.05, 0) is 18.2 Å². The molecule has 1 aliphatic heterocycles. The Morgan fingerprint density at radius 3 is 2.40 bits per heavy atom. The lowest BCUT2D eigenvalue weighted by Crippen LogP contribution is -2.36. The lowest BCUT2D eigenvalue weighted by molar-refractivity contribution is -0.387. The smallest absolute Gasteiger partial charge is 0.289 e. The van der Waals surface area contributed by atoms with E-state index in [2.05, 4.69) is 4.72 Å². The Morgan fingerprint density at radius 1 is 1.04 bits per heavy atom. The molecule has 0 atom stereocenters. The summed E-state index contributed by atoms with van der Waals surface area (Å²) in [5, 5.41) is 11.1. The number of nitrogens with one attached hydrogen (secondary N) is 1. The molecule has 25 heavy (non-hydrogen) atoms. The second-order valence-electron chi connectivity index (χ2n) is 5.45. The second kappa shape index (κ2) is 7.08. The van der Waals surface area contributed by atoms with Crippen LogP contribution >= 0.6 is 0 Å². The van der Waals surface area contributed by atoms with Crippen LogP contribution in [0.5, 0.6) is 0 Å². The van der Waals surface area contributed by atoms with Gasteiger partial charge in [0.15, 0.2) is 4.90 Å². The molecule has 2 aromatic carbocycles. The first-order valence-electron chi connectivity index (χ1n) is 7.67. The third kappa shape index (κ3) is 3.72. The molecule has 2 aromatic rings. The molecule has 0 spiro atoms. The monoisotopic (exact) mass is 363 g/mol. The van der Waals surface area contributed by atoms with Crippen LogP contribution in [0.3, 0.4) is 0 Å². The van der Waals surface area contributed by atoms with Crippen LogP contribution < -0.4 is 9.62 Å². The highest BCUT2D eigenvalue weighted by molar-refractivity contribution is 7.92. The van der Waals surface area contributed by atoms with Crippen LogP contribution in [0.15, 0.2) is 53.4 Å². The van der Waals surface area contributed by atoms with Crippen molar-refractivity contribution < 1.29 is 18.1 Å². The number of nitro benzene ring substituents is 1. The summed E-state index contributed by atoms with van der Waals surface area (Å²) in [5.74, 6) is 0. The first-order chi connectivity index (χ1) is 12.0. The molecule has 0 unspecified atom stereocenters. The van der Waals surface area contributed by atoms with Crippen LogP contribution in [0.4, 0.5) is 17.1 Å². The van der Waals surface area contributed by atoms with E-state index >= 15 is 0 Å². The molecule has 1 N–H and O–H groups in total. The van der Waals surface area contributed by atoms with Crippen LogP contribution in [-0.4, -0.2) is 39.6 Å². The molecule has 0 aromatic heterocycles. The van der Waals surface area contributed by atoms with Crippen molar-refractivity contribution in [2.45, 2.75) is 4.90 Å². The maximum Gasteiger partial charge on any atom is 0.289 e. The van der Waals surface area contributed by atoms with Crippen molar-refractivity contribution in [1.82, 2.24) is 0 Å². The maximum atomic E-state index is 12.7. The summed E-state index contributed by atoms with van der Waals surface area (Å²) >= 11 is 0. The average molecular weight is 363 g/mol. The Morgan fingerprint density at radius 2 is 1.68 bits per heavy atom. The third-order valence-electron chi connectivity index (χ3n) is 3.85. The fourth-order valence-corrected chi connectivity index (χ4v) is 3.92. The number of nitrogens with zero attached hydrogens (tertiary/aromatic N) is 2. The van der Waals surface area contributed by atoms with Crippen LogP contribution in [-0.2, 0) is 14.8 Å². The highest BCUT2D eigenvalue weighted by atomic mass is 32.2. The molecule has 0 radical (unpaired) electrons. The second-order valence-corrected chi connectivity index (χ2v) is 7.10. The van der Waals surface area contributed by atoms with Gasteiger partial charge in [0, 0.05) is 19.2 Å². The fourth-order valence-electron chi connectivity index (χ4n) is 2.67. The Hall–Kier alpha value is -2.65. The Bertz CT molecular complexity index is 879. The van der Waals surface area contributed by atoms with Gasteiger partial charge in [-0.3, -0.25) is 14.8 Å². The van der Waals surface area contributed by atoms with Gasteiger partial charge < -0.3 is 9.64 Å². The number of sulfonamides is 1. The lowest BCUT2D eigenvalue weighted by Gasteiger charge is -2.30. The molecule has 0 aliphatic carbocycles. The van der Waals surface area contributed by atoms with E-state index in [9.17, 15) is 18.5 Å². The molecule has 132 valence electrons. The summed E-state index contributed by atoms with van der Waals surface area (Å²) in [6.07, 6.45) is 0. The summed E-state index contributed by atoms with van der Waals surface area (Å²) in [6.45, 7) is 2.41. The van der Waals surface area contributed by atoms with E-state index < -0.39 is 20.6 Å². The normalized spacial score (nSPS) is 15.0. The molecular formula is C16H17N3O5S. The number of nitro groups is 1. The zero-order valence-electron chi connectivity index (χ0n) is 13.3. The van der Waals surface area contributed by atoms with Gasteiger partial charge in [-0.25, -0.2) is 8.42 Å². The van der Waals surface area contributed by atoms with Gasteiger partial charge in [-0.1, -0.05) is 24.3 Å². The molecule has 0 amide bonds. The minimum absolute atomic E-state index is 0.364. The van der Waals surface area contributed by atoms with E-state index in [0.29, 0.717) is 37.7 Å².